The van der Waals surface area contributed by atoms with Gasteiger partial charge < -0.3 is 14.5 Å². The van der Waals surface area contributed by atoms with E-state index in [1.807, 2.05) is 0 Å². The molecule has 1 aromatic carbocycles. The average molecular weight is 390 g/mol. The molecule has 2 aliphatic rings. The van der Waals surface area contributed by atoms with Crippen LogP contribution in [0.5, 0.6) is 0 Å². The van der Waals surface area contributed by atoms with Gasteiger partial charge in [-0.05, 0) is 58.7 Å². The third-order valence-corrected chi connectivity index (χ3v) is 5.71. The van der Waals surface area contributed by atoms with E-state index in [-0.39, 0.29) is 18.2 Å². The number of nitrogens with zero attached hydrogens (tertiary/aromatic N) is 2. The first-order valence-electron chi connectivity index (χ1n) is 9.44. The standard InChI is InChI=1S/C21H27FN2O4/c1-12-17(25)24-15(18(26)23(12)6)11-21(5,19(27)28-20(2,3)4)16(24)13-7-9-14(22)10-8-13/h7-10,12,15-16H,11H2,1-6H3/t12-,15+,16+,21+/m1/s1. The Kier molecular flexibility index (Phi) is 4.76. The van der Waals surface area contributed by atoms with Gasteiger partial charge in [-0.3, -0.25) is 14.4 Å². The number of hydrogen-bond donors (Lipinski definition) is 0. The average Bonchev–Trinajstić information content (AvgIpc) is 2.92. The van der Waals surface area contributed by atoms with Crippen molar-refractivity contribution in [1.82, 2.24) is 9.80 Å². The fourth-order valence-electron chi connectivity index (χ4n) is 4.16. The van der Waals surface area contributed by atoms with Crippen LogP contribution in [0.15, 0.2) is 24.3 Å². The topological polar surface area (TPSA) is 66.9 Å². The van der Waals surface area contributed by atoms with Crippen LogP contribution in [0.2, 0.25) is 0 Å². The van der Waals surface area contributed by atoms with Gasteiger partial charge in [0.1, 0.15) is 23.5 Å². The molecular weight excluding hydrogens is 363 g/mol. The summed E-state index contributed by atoms with van der Waals surface area (Å²) in [4.78, 5) is 42.1. The van der Waals surface area contributed by atoms with Crippen molar-refractivity contribution in [2.75, 3.05) is 7.05 Å². The number of carbonyl (C=O) groups excluding carboxylic acids is 3. The van der Waals surface area contributed by atoms with Gasteiger partial charge in [0.2, 0.25) is 11.8 Å². The number of amides is 2. The van der Waals surface area contributed by atoms with Crippen LogP contribution in [0.25, 0.3) is 0 Å². The minimum atomic E-state index is -1.13. The molecule has 152 valence electrons. The fourth-order valence-corrected chi connectivity index (χ4v) is 4.16. The summed E-state index contributed by atoms with van der Waals surface area (Å²) in [6, 6.07) is 3.63. The van der Waals surface area contributed by atoms with Crippen molar-refractivity contribution in [1.29, 1.82) is 0 Å². The van der Waals surface area contributed by atoms with Gasteiger partial charge in [-0.15, -0.1) is 0 Å². The van der Waals surface area contributed by atoms with Gasteiger partial charge in [0.05, 0.1) is 11.5 Å². The minimum Gasteiger partial charge on any atom is -0.459 e. The zero-order valence-corrected chi connectivity index (χ0v) is 17.2. The van der Waals surface area contributed by atoms with Gasteiger partial charge in [0.25, 0.3) is 0 Å². The maximum absolute atomic E-state index is 13.5. The summed E-state index contributed by atoms with van der Waals surface area (Å²) in [7, 11) is 1.60. The molecule has 28 heavy (non-hydrogen) atoms. The molecular formula is C21H27FN2O4. The molecule has 4 atom stereocenters. The molecule has 0 aromatic heterocycles. The summed E-state index contributed by atoms with van der Waals surface area (Å²) in [5.74, 6) is -1.31. The molecule has 0 saturated carbocycles. The van der Waals surface area contributed by atoms with Crippen LogP contribution < -0.4 is 0 Å². The van der Waals surface area contributed by atoms with E-state index < -0.39 is 40.9 Å². The van der Waals surface area contributed by atoms with Gasteiger partial charge in [-0.2, -0.15) is 0 Å². The molecule has 0 aliphatic carbocycles. The molecule has 0 unspecified atom stereocenters. The maximum atomic E-state index is 13.5. The lowest BCUT2D eigenvalue weighted by atomic mass is 9.78. The predicted octanol–water partition coefficient (Wildman–Crippen LogP) is 2.68. The predicted molar refractivity (Wildman–Crippen MR) is 101 cm³/mol. The highest BCUT2D eigenvalue weighted by molar-refractivity contribution is 5.99. The molecule has 3 rings (SSSR count). The van der Waals surface area contributed by atoms with E-state index in [9.17, 15) is 18.8 Å². The molecule has 0 bridgehead atoms. The highest BCUT2D eigenvalue weighted by Gasteiger charge is 2.62. The molecule has 2 saturated heterocycles. The summed E-state index contributed by atoms with van der Waals surface area (Å²) in [6.07, 6.45) is 0.158. The monoisotopic (exact) mass is 390 g/mol. The highest BCUT2D eigenvalue weighted by atomic mass is 19.1. The van der Waals surface area contributed by atoms with Crippen LogP contribution in [0.1, 0.15) is 52.6 Å². The van der Waals surface area contributed by atoms with Crippen LogP contribution in [-0.2, 0) is 19.1 Å². The normalized spacial score (nSPS) is 30.5. The lowest BCUT2D eigenvalue weighted by Gasteiger charge is -2.42. The Bertz CT molecular complexity index is 817. The lowest BCUT2D eigenvalue weighted by molar-refractivity contribution is -0.169. The molecule has 0 spiro atoms. The van der Waals surface area contributed by atoms with E-state index in [0.717, 1.165) is 0 Å². The largest absolute Gasteiger partial charge is 0.459 e. The van der Waals surface area contributed by atoms with Gasteiger partial charge in [-0.25, -0.2) is 4.39 Å². The number of esters is 1. The second-order valence-corrected chi connectivity index (χ2v) is 8.96. The van der Waals surface area contributed by atoms with E-state index in [1.54, 1.807) is 53.8 Å². The molecule has 7 heteroatoms. The first-order valence-corrected chi connectivity index (χ1v) is 9.44. The highest BCUT2D eigenvalue weighted by Crippen LogP contribution is 2.53. The van der Waals surface area contributed by atoms with Crippen molar-refractivity contribution < 1.29 is 23.5 Å². The third kappa shape index (κ3) is 3.16. The Morgan fingerprint density at radius 1 is 1.18 bits per heavy atom. The smallest absolute Gasteiger partial charge is 0.314 e. The molecule has 0 radical (unpaired) electrons. The summed E-state index contributed by atoms with van der Waals surface area (Å²) in [6.45, 7) is 8.71. The van der Waals surface area contributed by atoms with Crippen molar-refractivity contribution in [3.05, 3.63) is 35.6 Å². The van der Waals surface area contributed by atoms with E-state index in [2.05, 4.69) is 0 Å². The first-order chi connectivity index (χ1) is 12.9. The number of ether oxygens (including phenoxy) is 1. The summed E-state index contributed by atoms with van der Waals surface area (Å²) < 4.78 is 19.2. The van der Waals surface area contributed by atoms with E-state index in [4.69, 9.17) is 4.74 Å². The maximum Gasteiger partial charge on any atom is 0.314 e. The molecule has 0 N–H and O–H groups in total. The van der Waals surface area contributed by atoms with Crippen LogP contribution >= 0.6 is 0 Å². The van der Waals surface area contributed by atoms with Crippen molar-refractivity contribution in [2.45, 2.75) is 64.8 Å². The Hall–Kier alpha value is -2.44. The summed E-state index contributed by atoms with van der Waals surface area (Å²) >= 11 is 0. The molecule has 1 aromatic rings. The number of likely N-dealkylation sites (N-methyl/N-ethyl adjacent to an activating group) is 1. The van der Waals surface area contributed by atoms with Gasteiger partial charge in [0, 0.05) is 7.05 Å². The summed E-state index contributed by atoms with van der Waals surface area (Å²) in [5, 5.41) is 0. The quantitative estimate of drug-likeness (QED) is 0.728. The Balaban J connectivity index is 2.13. The molecule has 2 aliphatic heterocycles. The first kappa shape index (κ1) is 20.3. The van der Waals surface area contributed by atoms with Gasteiger partial charge in [-0.1, -0.05) is 12.1 Å². The van der Waals surface area contributed by atoms with E-state index in [1.165, 1.54) is 21.9 Å². The molecule has 2 amide bonds. The Morgan fingerprint density at radius 3 is 2.29 bits per heavy atom. The van der Waals surface area contributed by atoms with Gasteiger partial charge >= 0.3 is 5.97 Å². The van der Waals surface area contributed by atoms with Crippen molar-refractivity contribution in [2.24, 2.45) is 5.41 Å². The number of carbonyl (C=O) groups is 3. The van der Waals surface area contributed by atoms with Crippen LogP contribution in [0.4, 0.5) is 4.39 Å². The molecule has 6 nitrogen and oxygen atoms in total. The molecule has 2 heterocycles. The number of halogens is 1. The van der Waals surface area contributed by atoms with Crippen molar-refractivity contribution in [3.63, 3.8) is 0 Å². The number of benzene rings is 1. The van der Waals surface area contributed by atoms with Gasteiger partial charge in [0.15, 0.2) is 0 Å². The SMILES string of the molecule is C[C@@H]1C(=O)N2[C@@H](c3ccc(F)cc3)[C@@](C)(C(=O)OC(C)(C)C)C[C@H]2C(=O)N1C. The summed E-state index contributed by atoms with van der Waals surface area (Å²) in [5.41, 5.74) is -1.24. The third-order valence-electron chi connectivity index (χ3n) is 5.71. The number of hydrogen-bond acceptors (Lipinski definition) is 4. The van der Waals surface area contributed by atoms with Crippen LogP contribution in [-0.4, -0.2) is 52.3 Å². The van der Waals surface area contributed by atoms with E-state index >= 15 is 0 Å². The number of fused-ring (bicyclic) bond motifs is 1. The van der Waals surface area contributed by atoms with Crippen LogP contribution in [0, 0.1) is 11.2 Å². The van der Waals surface area contributed by atoms with Crippen molar-refractivity contribution >= 4 is 17.8 Å². The Morgan fingerprint density at radius 2 is 1.75 bits per heavy atom. The van der Waals surface area contributed by atoms with Crippen molar-refractivity contribution in [3.8, 4) is 0 Å². The zero-order chi connectivity index (χ0) is 21.0. The minimum absolute atomic E-state index is 0.158. The second kappa shape index (κ2) is 6.57. The fraction of sp³-hybridized carbons (Fsp3) is 0.571. The number of rotatable bonds is 2. The number of piperazine rings is 1. The van der Waals surface area contributed by atoms with Crippen LogP contribution in [0.3, 0.4) is 0 Å². The molecule has 2 fully saturated rings. The lowest BCUT2D eigenvalue weighted by Crippen LogP contribution is -2.60. The van der Waals surface area contributed by atoms with E-state index in [0.29, 0.717) is 5.56 Å². The zero-order valence-electron chi connectivity index (χ0n) is 17.2. The second-order valence-electron chi connectivity index (χ2n) is 8.96. The Labute approximate surface area is 164 Å².